The molecule has 1 unspecified atom stereocenters. The molecule has 0 saturated carbocycles. The SMILES string of the molecule is CCn1c(SCc2nc(N)c3ccccc3n2)nc2sc3c(c2c1=O)CCC(C)C3. The largest absolute Gasteiger partial charge is 0.383 e. The summed E-state index contributed by atoms with van der Waals surface area (Å²) in [5.41, 5.74) is 8.26. The van der Waals surface area contributed by atoms with E-state index in [4.69, 9.17) is 10.7 Å². The Balaban J connectivity index is 1.52. The maximum absolute atomic E-state index is 13.3. The zero-order chi connectivity index (χ0) is 20.8. The van der Waals surface area contributed by atoms with Gasteiger partial charge < -0.3 is 5.73 Å². The standard InChI is InChI=1S/C22H23N5OS2/c1-3-27-21(28)18-14-9-8-12(2)10-16(14)30-20(18)26-22(27)29-11-17-24-15-7-5-4-6-13(15)19(23)25-17/h4-7,12H,3,8-11H2,1-2H3,(H2,23,24,25). The number of hydrogen-bond donors (Lipinski definition) is 1. The number of thioether (sulfide) groups is 1. The number of hydrogen-bond acceptors (Lipinski definition) is 7. The number of nitrogen functional groups attached to an aromatic ring is 1. The topological polar surface area (TPSA) is 86.7 Å². The highest BCUT2D eigenvalue weighted by molar-refractivity contribution is 7.98. The molecule has 5 rings (SSSR count). The Bertz CT molecular complexity index is 1330. The Kier molecular flexibility index (Phi) is 4.99. The van der Waals surface area contributed by atoms with Crippen molar-refractivity contribution < 1.29 is 0 Å². The van der Waals surface area contributed by atoms with Gasteiger partial charge in [-0.3, -0.25) is 9.36 Å². The summed E-state index contributed by atoms with van der Waals surface area (Å²) in [6.45, 7) is 4.86. The second-order valence-corrected chi connectivity index (χ2v) is 9.83. The first-order chi connectivity index (χ1) is 14.5. The lowest BCUT2D eigenvalue weighted by Crippen LogP contribution is -2.23. The van der Waals surface area contributed by atoms with Crippen LogP contribution < -0.4 is 11.3 Å². The van der Waals surface area contributed by atoms with Gasteiger partial charge in [0, 0.05) is 16.8 Å². The van der Waals surface area contributed by atoms with Crippen molar-refractivity contribution in [3.8, 4) is 0 Å². The summed E-state index contributed by atoms with van der Waals surface area (Å²) < 4.78 is 1.78. The van der Waals surface area contributed by atoms with Crippen LogP contribution in [0.5, 0.6) is 0 Å². The highest BCUT2D eigenvalue weighted by atomic mass is 32.2. The summed E-state index contributed by atoms with van der Waals surface area (Å²) >= 11 is 3.18. The number of thiophene rings is 1. The maximum atomic E-state index is 13.3. The van der Waals surface area contributed by atoms with Gasteiger partial charge in [0.1, 0.15) is 16.5 Å². The Morgan fingerprint density at radius 2 is 2.10 bits per heavy atom. The van der Waals surface area contributed by atoms with E-state index in [1.807, 2.05) is 31.2 Å². The lowest BCUT2D eigenvalue weighted by atomic mass is 9.89. The smallest absolute Gasteiger partial charge is 0.263 e. The summed E-state index contributed by atoms with van der Waals surface area (Å²) in [6.07, 6.45) is 3.17. The molecule has 0 radical (unpaired) electrons. The van der Waals surface area contributed by atoms with Crippen molar-refractivity contribution in [1.29, 1.82) is 0 Å². The average molecular weight is 438 g/mol. The van der Waals surface area contributed by atoms with Gasteiger partial charge in [0.25, 0.3) is 5.56 Å². The number of nitrogens with zero attached hydrogens (tertiary/aromatic N) is 4. The van der Waals surface area contributed by atoms with E-state index in [2.05, 4.69) is 16.9 Å². The summed E-state index contributed by atoms with van der Waals surface area (Å²) in [6, 6.07) is 7.72. The van der Waals surface area contributed by atoms with Gasteiger partial charge in [0.2, 0.25) is 0 Å². The van der Waals surface area contributed by atoms with Crippen LogP contribution in [0.3, 0.4) is 0 Å². The molecule has 0 fully saturated rings. The van der Waals surface area contributed by atoms with Gasteiger partial charge in [-0.1, -0.05) is 30.8 Å². The Hall–Kier alpha value is -2.45. The molecule has 0 saturated heterocycles. The molecular weight excluding hydrogens is 414 g/mol. The van der Waals surface area contributed by atoms with Crippen LogP contribution in [0.1, 0.15) is 36.5 Å². The monoisotopic (exact) mass is 437 g/mol. The first kappa shape index (κ1) is 19.5. The fourth-order valence-electron chi connectivity index (χ4n) is 4.14. The van der Waals surface area contributed by atoms with Crippen molar-refractivity contribution >= 4 is 50.0 Å². The van der Waals surface area contributed by atoms with E-state index < -0.39 is 0 Å². The van der Waals surface area contributed by atoms with Crippen LogP contribution in [0, 0.1) is 5.92 Å². The fourth-order valence-corrected chi connectivity index (χ4v) is 6.48. The van der Waals surface area contributed by atoms with Crippen molar-refractivity contribution in [2.24, 2.45) is 5.92 Å². The normalized spacial score (nSPS) is 16.3. The summed E-state index contributed by atoms with van der Waals surface area (Å²) in [4.78, 5) is 29.5. The fraction of sp³-hybridized carbons (Fsp3) is 0.364. The summed E-state index contributed by atoms with van der Waals surface area (Å²) in [5.74, 6) is 2.30. The lowest BCUT2D eigenvalue weighted by Gasteiger charge is -2.17. The zero-order valence-corrected chi connectivity index (χ0v) is 18.6. The predicted molar refractivity (Wildman–Crippen MR) is 124 cm³/mol. The van der Waals surface area contributed by atoms with E-state index in [9.17, 15) is 4.79 Å². The van der Waals surface area contributed by atoms with E-state index in [0.29, 0.717) is 29.9 Å². The van der Waals surface area contributed by atoms with Gasteiger partial charge in [-0.25, -0.2) is 15.0 Å². The third-order valence-corrected chi connectivity index (χ3v) is 7.83. The van der Waals surface area contributed by atoms with Crippen LogP contribution in [0.2, 0.25) is 0 Å². The van der Waals surface area contributed by atoms with Crippen molar-refractivity contribution in [3.63, 3.8) is 0 Å². The lowest BCUT2D eigenvalue weighted by molar-refractivity contribution is 0.509. The van der Waals surface area contributed by atoms with Gasteiger partial charge >= 0.3 is 0 Å². The minimum atomic E-state index is 0.0796. The molecule has 1 aliphatic rings. The van der Waals surface area contributed by atoms with Gasteiger partial charge in [0.05, 0.1) is 16.7 Å². The molecule has 3 aromatic heterocycles. The Labute approximate surface area is 182 Å². The minimum absolute atomic E-state index is 0.0796. The minimum Gasteiger partial charge on any atom is -0.383 e. The van der Waals surface area contributed by atoms with Gasteiger partial charge in [-0.2, -0.15) is 0 Å². The van der Waals surface area contributed by atoms with Crippen molar-refractivity contribution in [2.75, 3.05) is 5.73 Å². The van der Waals surface area contributed by atoms with Crippen LogP contribution in [0.25, 0.3) is 21.1 Å². The zero-order valence-electron chi connectivity index (χ0n) is 17.0. The molecule has 0 aliphatic heterocycles. The number of nitrogens with two attached hydrogens (primary N) is 1. The maximum Gasteiger partial charge on any atom is 0.263 e. The number of anilines is 1. The molecule has 1 atom stereocenters. The van der Waals surface area contributed by atoms with Crippen molar-refractivity contribution in [2.45, 2.75) is 50.6 Å². The molecule has 8 heteroatoms. The van der Waals surface area contributed by atoms with Gasteiger partial charge in [0.15, 0.2) is 5.16 Å². The quantitative estimate of drug-likeness (QED) is 0.376. The Morgan fingerprint density at radius 3 is 2.93 bits per heavy atom. The molecule has 154 valence electrons. The van der Waals surface area contributed by atoms with E-state index in [0.717, 1.165) is 45.5 Å². The molecule has 1 aliphatic carbocycles. The molecule has 30 heavy (non-hydrogen) atoms. The van der Waals surface area contributed by atoms with E-state index in [1.165, 1.54) is 22.2 Å². The highest BCUT2D eigenvalue weighted by Crippen LogP contribution is 2.36. The van der Waals surface area contributed by atoms with Crippen LogP contribution >= 0.6 is 23.1 Å². The number of aromatic nitrogens is 4. The first-order valence-corrected chi connectivity index (χ1v) is 12.0. The number of aryl methyl sites for hydroxylation is 1. The first-order valence-electron chi connectivity index (χ1n) is 10.2. The molecule has 0 spiro atoms. The van der Waals surface area contributed by atoms with Crippen LogP contribution in [0.4, 0.5) is 5.82 Å². The highest BCUT2D eigenvalue weighted by Gasteiger charge is 2.24. The molecule has 0 bridgehead atoms. The molecule has 0 amide bonds. The number of rotatable bonds is 4. The number of benzene rings is 1. The van der Waals surface area contributed by atoms with Crippen molar-refractivity contribution in [1.82, 2.24) is 19.5 Å². The third-order valence-electron chi connectivity index (χ3n) is 5.71. The molecular formula is C22H23N5OS2. The third kappa shape index (κ3) is 3.28. The predicted octanol–water partition coefficient (Wildman–Crippen LogP) is 4.42. The van der Waals surface area contributed by atoms with E-state index >= 15 is 0 Å². The van der Waals surface area contributed by atoms with E-state index in [1.54, 1.807) is 15.9 Å². The van der Waals surface area contributed by atoms with Crippen LogP contribution in [0.15, 0.2) is 34.2 Å². The summed E-state index contributed by atoms with van der Waals surface area (Å²) in [5, 5.41) is 2.41. The Morgan fingerprint density at radius 1 is 1.27 bits per heavy atom. The van der Waals surface area contributed by atoms with Gasteiger partial charge in [-0.05, 0) is 49.8 Å². The molecule has 3 heterocycles. The van der Waals surface area contributed by atoms with Crippen LogP contribution in [-0.4, -0.2) is 19.5 Å². The average Bonchev–Trinajstić information content (AvgIpc) is 3.10. The van der Waals surface area contributed by atoms with E-state index in [-0.39, 0.29) is 5.56 Å². The summed E-state index contributed by atoms with van der Waals surface area (Å²) in [7, 11) is 0. The molecule has 4 aromatic rings. The second-order valence-electron chi connectivity index (χ2n) is 7.81. The van der Waals surface area contributed by atoms with Crippen LogP contribution in [-0.2, 0) is 25.1 Å². The second kappa shape index (κ2) is 7.67. The molecule has 1 aromatic carbocycles. The number of fused-ring (bicyclic) bond motifs is 4. The van der Waals surface area contributed by atoms with Crippen molar-refractivity contribution in [3.05, 3.63) is 50.9 Å². The van der Waals surface area contributed by atoms with Gasteiger partial charge in [-0.15, -0.1) is 11.3 Å². The molecule has 2 N–H and O–H groups in total. The number of para-hydroxylation sites is 1. The molecule has 6 nitrogen and oxygen atoms in total.